The Bertz CT molecular complexity index is 648. The van der Waals surface area contributed by atoms with E-state index >= 15 is 0 Å². The van der Waals surface area contributed by atoms with Crippen molar-refractivity contribution in [3.8, 4) is 11.5 Å². The first-order valence-corrected chi connectivity index (χ1v) is 6.99. The maximum Gasteiger partial charge on any atom is 0.331 e. The molecular weight excluding hydrogens is 302 g/mol. The number of esters is 1. The molecule has 1 aromatic carbocycles. The molecule has 122 valence electrons. The van der Waals surface area contributed by atoms with E-state index in [0.29, 0.717) is 11.5 Å². The van der Waals surface area contributed by atoms with Crippen molar-refractivity contribution < 1.29 is 28.6 Å². The van der Waals surface area contributed by atoms with Gasteiger partial charge in [0.1, 0.15) is 6.61 Å². The van der Waals surface area contributed by atoms with Crippen molar-refractivity contribution in [3.63, 3.8) is 0 Å². The Morgan fingerprint density at radius 1 is 1.26 bits per heavy atom. The summed E-state index contributed by atoms with van der Waals surface area (Å²) in [6, 6.07) is 6.92. The van der Waals surface area contributed by atoms with Crippen LogP contribution in [0.1, 0.15) is 13.8 Å². The standard InChI is InChI=1S/C16H17NO6/c1-10(2)7-15(19)22-9-14(18)17-16(20)13-8-21-11-5-3-4-6-12(11)23-13/h3-7,13H,8-9H2,1-2H3,(H,17,18,20). The maximum atomic E-state index is 12.0. The van der Waals surface area contributed by atoms with E-state index in [2.05, 4.69) is 5.32 Å². The Labute approximate surface area is 133 Å². The Hall–Kier alpha value is -2.83. The number of benzene rings is 1. The predicted octanol–water partition coefficient (Wildman–Crippen LogP) is 0.979. The third-order valence-electron chi connectivity index (χ3n) is 2.82. The van der Waals surface area contributed by atoms with Crippen molar-refractivity contribution in [1.82, 2.24) is 5.32 Å². The molecule has 0 saturated heterocycles. The van der Waals surface area contributed by atoms with Gasteiger partial charge in [-0.1, -0.05) is 17.7 Å². The molecule has 2 amide bonds. The van der Waals surface area contributed by atoms with Gasteiger partial charge in [-0.25, -0.2) is 4.79 Å². The molecule has 0 aliphatic carbocycles. The smallest absolute Gasteiger partial charge is 0.331 e. The summed E-state index contributed by atoms with van der Waals surface area (Å²) in [7, 11) is 0. The molecule has 23 heavy (non-hydrogen) atoms. The summed E-state index contributed by atoms with van der Waals surface area (Å²) in [6.45, 7) is 2.90. The van der Waals surface area contributed by atoms with E-state index < -0.39 is 30.5 Å². The number of allylic oxidation sites excluding steroid dienone is 1. The Balaban J connectivity index is 1.82. The van der Waals surface area contributed by atoms with Gasteiger partial charge in [-0.05, 0) is 26.0 Å². The highest BCUT2D eigenvalue weighted by Gasteiger charge is 2.28. The van der Waals surface area contributed by atoms with Gasteiger partial charge in [0.25, 0.3) is 11.8 Å². The number of amides is 2. The molecule has 0 saturated carbocycles. The van der Waals surface area contributed by atoms with Gasteiger partial charge >= 0.3 is 5.97 Å². The van der Waals surface area contributed by atoms with Crippen molar-refractivity contribution in [2.45, 2.75) is 20.0 Å². The molecule has 0 bridgehead atoms. The summed E-state index contributed by atoms with van der Waals surface area (Å²) in [5.41, 5.74) is 0.748. The lowest BCUT2D eigenvalue weighted by molar-refractivity contribution is -0.146. The van der Waals surface area contributed by atoms with Gasteiger partial charge in [0.15, 0.2) is 18.1 Å². The minimum Gasteiger partial charge on any atom is -0.485 e. The number of imide groups is 1. The average molecular weight is 319 g/mol. The van der Waals surface area contributed by atoms with Crippen LogP contribution in [-0.2, 0) is 19.1 Å². The molecule has 7 nitrogen and oxygen atoms in total. The molecule has 1 unspecified atom stereocenters. The first kappa shape index (κ1) is 16.5. The lowest BCUT2D eigenvalue weighted by Gasteiger charge is -2.25. The van der Waals surface area contributed by atoms with Crippen molar-refractivity contribution in [3.05, 3.63) is 35.9 Å². The first-order chi connectivity index (χ1) is 11.0. The molecule has 0 radical (unpaired) electrons. The zero-order chi connectivity index (χ0) is 16.8. The van der Waals surface area contributed by atoms with Gasteiger partial charge < -0.3 is 14.2 Å². The van der Waals surface area contributed by atoms with E-state index in [4.69, 9.17) is 14.2 Å². The number of hydrogen-bond donors (Lipinski definition) is 1. The molecule has 1 N–H and O–H groups in total. The number of fused-ring (bicyclic) bond motifs is 1. The molecule has 0 spiro atoms. The molecule has 0 fully saturated rings. The van der Waals surface area contributed by atoms with Gasteiger partial charge in [0, 0.05) is 6.08 Å². The molecule has 1 aromatic rings. The highest BCUT2D eigenvalue weighted by molar-refractivity contribution is 5.99. The monoisotopic (exact) mass is 319 g/mol. The molecule has 7 heteroatoms. The summed E-state index contributed by atoms with van der Waals surface area (Å²) >= 11 is 0. The number of carbonyl (C=O) groups excluding carboxylic acids is 3. The molecule has 1 atom stereocenters. The second kappa shape index (κ2) is 7.44. The number of ether oxygens (including phenoxy) is 3. The summed E-state index contributed by atoms with van der Waals surface area (Å²) in [6.07, 6.45) is 0.312. The predicted molar refractivity (Wildman–Crippen MR) is 79.9 cm³/mol. The average Bonchev–Trinajstić information content (AvgIpc) is 2.51. The van der Waals surface area contributed by atoms with Gasteiger partial charge in [-0.3, -0.25) is 14.9 Å². The molecule has 2 rings (SSSR count). The number of nitrogens with one attached hydrogen (secondary N) is 1. The number of carbonyl (C=O) groups is 3. The molecular formula is C16H17NO6. The number of rotatable bonds is 4. The summed E-state index contributed by atoms with van der Waals surface area (Å²) in [5.74, 6) is -1.05. The second-order valence-corrected chi connectivity index (χ2v) is 5.11. The van der Waals surface area contributed by atoms with Gasteiger partial charge in [0.05, 0.1) is 0 Å². The van der Waals surface area contributed by atoms with Crippen LogP contribution in [0.15, 0.2) is 35.9 Å². The van der Waals surface area contributed by atoms with Crippen LogP contribution >= 0.6 is 0 Å². The normalized spacial score (nSPS) is 15.3. The zero-order valence-corrected chi connectivity index (χ0v) is 12.8. The fourth-order valence-corrected chi connectivity index (χ4v) is 1.82. The van der Waals surface area contributed by atoms with Crippen LogP contribution in [0.25, 0.3) is 0 Å². The van der Waals surface area contributed by atoms with Crippen molar-refractivity contribution in [2.75, 3.05) is 13.2 Å². The third-order valence-corrected chi connectivity index (χ3v) is 2.82. The topological polar surface area (TPSA) is 90.9 Å². The number of para-hydroxylation sites is 2. The Morgan fingerprint density at radius 3 is 2.65 bits per heavy atom. The van der Waals surface area contributed by atoms with E-state index in [0.717, 1.165) is 5.57 Å². The maximum absolute atomic E-state index is 12.0. The van der Waals surface area contributed by atoms with Crippen molar-refractivity contribution in [1.29, 1.82) is 0 Å². The van der Waals surface area contributed by atoms with Crippen LogP contribution in [0.5, 0.6) is 11.5 Å². The lowest BCUT2D eigenvalue weighted by atomic mass is 10.2. The van der Waals surface area contributed by atoms with Crippen LogP contribution in [0.2, 0.25) is 0 Å². The molecule has 1 aliphatic rings. The van der Waals surface area contributed by atoms with Gasteiger partial charge in [-0.2, -0.15) is 0 Å². The zero-order valence-electron chi connectivity index (χ0n) is 12.8. The quantitative estimate of drug-likeness (QED) is 0.657. The Morgan fingerprint density at radius 2 is 1.96 bits per heavy atom. The minimum atomic E-state index is -0.942. The Kier molecular flexibility index (Phi) is 5.35. The van der Waals surface area contributed by atoms with Gasteiger partial charge in [-0.15, -0.1) is 0 Å². The third kappa shape index (κ3) is 4.84. The van der Waals surface area contributed by atoms with Crippen LogP contribution < -0.4 is 14.8 Å². The summed E-state index contributed by atoms with van der Waals surface area (Å²) in [5, 5.41) is 2.11. The van der Waals surface area contributed by atoms with Crippen LogP contribution in [0.4, 0.5) is 0 Å². The van der Waals surface area contributed by atoms with Crippen LogP contribution in [0, 0.1) is 0 Å². The van der Waals surface area contributed by atoms with Crippen LogP contribution in [-0.4, -0.2) is 37.1 Å². The summed E-state index contributed by atoms with van der Waals surface area (Å²) in [4.78, 5) is 34.8. The van der Waals surface area contributed by atoms with Crippen molar-refractivity contribution >= 4 is 17.8 Å². The van der Waals surface area contributed by atoms with Crippen LogP contribution in [0.3, 0.4) is 0 Å². The van der Waals surface area contributed by atoms with Gasteiger partial charge in [0.2, 0.25) is 6.10 Å². The highest BCUT2D eigenvalue weighted by atomic mass is 16.6. The SMILES string of the molecule is CC(C)=CC(=O)OCC(=O)NC(=O)C1COc2ccccc2O1. The lowest BCUT2D eigenvalue weighted by Crippen LogP contribution is -2.47. The first-order valence-electron chi connectivity index (χ1n) is 6.99. The number of hydrogen-bond acceptors (Lipinski definition) is 6. The fraction of sp³-hybridized carbons (Fsp3) is 0.312. The molecule has 1 heterocycles. The van der Waals surface area contributed by atoms with E-state index in [1.807, 2.05) is 0 Å². The van der Waals surface area contributed by atoms with E-state index in [9.17, 15) is 14.4 Å². The fourth-order valence-electron chi connectivity index (χ4n) is 1.82. The molecule has 1 aliphatic heterocycles. The minimum absolute atomic E-state index is 0.00627. The van der Waals surface area contributed by atoms with E-state index in [1.54, 1.807) is 38.1 Å². The van der Waals surface area contributed by atoms with E-state index in [1.165, 1.54) is 6.08 Å². The highest BCUT2D eigenvalue weighted by Crippen LogP contribution is 2.30. The van der Waals surface area contributed by atoms with E-state index in [-0.39, 0.29) is 6.61 Å². The summed E-state index contributed by atoms with van der Waals surface area (Å²) < 4.78 is 15.6. The molecule has 0 aromatic heterocycles. The second-order valence-electron chi connectivity index (χ2n) is 5.11. The largest absolute Gasteiger partial charge is 0.485 e. The van der Waals surface area contributed by atoms with Crippen molar-refractivity contribution in [2.24, 2.45) is 0 Å².